The number of nitrogens with two attached hydrogens (primary N) is 1. The fraction of sp³-hybridized carbons (Fsp3) is 0.0909. The van der Waals surface area contributed by atoms with Crippen molar-refractivity contribution in [1.29, 1.82) is 0 Å². The lowest BCUT2D eigenvalue weighted by Crippen LogP contribution is -2.12. The van der Waals surface area contributed by atoms with E-state index in [1.807, 2.05) is 0 Å². The Kier molecular flexibility index (Phi) is 4.67. The van der Waals surface area contributed by atoms with E-state index in [-0.39, 0.29) is 4.90 Å². The quantitative estimate of drug-likeness (QED) is 0.786. The maximum Gasteiger partial charge on any atom is 0.262 e. The van der Waals surface area contributed by atoms with Gasteiger partial charge in [-0.2, -0.15) is 0 Å². The molecule has 102 valence electrons. The van der Waals surface area contributed by atoms with E-state index in [4.69, 9.17) is 5.73 Å². The molecular weight excluding hydrogens is 416 g/mol. The molecule has 0 spiro atoms. The lowest BCUT2D eigenvalue weighted by Gasteiger charge is -2.08. The molecular formula is C11H10Br2N2O2S2. The van der Waals surface area contributed by atoms with Crippen LogP contribution in [0.15, 0.2) is 43.5 Å². The van der Waals surface area contributed by atoms with Gasteiger partial charge in [-0.25, -0.2) is 8.42 Å². The Balaban J connectivity index is 2.30. The van der Waals surface area contributed by atoms with Crippen LogP contribution in [0.4, 0.5) is 5.69 Å². The maximum absolute atomic E-state index is 12.2. The zero-order valence-corrected chi connectivity index (χ0v) is 14.4. The Morgan fingerprint density at radius 1 is 1.26 bits per heavy atom. The van der Waals surface area contributed by atoms with E-state index in [1.165, 1.54) is 11.3 Å². The molecule has 1 aromatic heterocycles. The molecule has 0 radical (unpaired) electrons. The van der Waals surface area contributed by atoms with Crippen molar-refractivity contribution in [2.45, 2.75) is 11.4 Å². The topological polar surface area (TPSA) is 72.2 Å². The first-order valence-electron chi connectivity index (χ1n) is 5.18. The molecule has 2 rings (SSSR count). The number of benzene rings is 1. The zero-order valence-electron chi connectivity index (χ0n) is 9.56. The van der Waals surface area contributed by atoms with Crippen LogP contribution in [0.25, 0.3) is 0 Å². The van der Waals surface area contributed by atoms with Gasteiger partial charge in [0, 0.05) is 25.7 Å². The molecule has 0 saturated carbocycles. The molecule has 0 unspecified atom stereocenters. The highest BCUT2D eigenvalue weighted by molar-refractivity contribution is 9.11. The predicted octanol–water partition coefficient (Wildman–Crippen LogP) is 3.53. The van der Waals surface area contributed by atoms with Gasteiger partial charge in [0.2, 0.25) is 0 Å². The molecule has 0 bridgehead atoms. The molecule has 0 fully saturated rings. The van der Waals surface area contributed by atoms with Crippen LogP contribution in [0.2, 0.25) is 0 Å². The molecule has 3 N–H and O–H groups in total. The van der Waals surface area contributed by atoms with Crippen LogP contribution in [-0.4, -0.2) is 8.42 Å². The molecule has 4 nitrogen and oxygen atoms in total. The highest BCUT2D eigenvalue weighted by atomic mass is 79.9. The molecule has 2 aromatic rings. The van der Waals surface area contributed by atoms with Crippen molar-refractivity contribution in [3.8, 4) is 0 Å². The monoisotopic (exact) mass is 424 g/mol. The summed E-state index contributed by atoms with van der Waals surface area (Å²) in [6.07, 6.45) is 0. The first-order chi connectivity index (χ1) is 8.92. The van der Waals surface area contributed by atoms with Crippen LogP contribution in [-0.2, 0) is 16.6 Å². The van der Waals surface area contributed by atoms with Gasteiger partial charge in [-0.3, -0.25) is 4.72 Å². The molecule has 19 heavy (non-hydrogen) atoms. The normalized spacial score (nSPS) is 11.5. The number of nitrogens with one attached hydrogen (secondary N) is 1. The van der Waals surface area contributed by atoms with E-state index in [1.54, 1.807) is 29.6 Å². The second-order valence-electron chi connectivity index (χ2n) is 3.68. The predicted molar refractivity (Wildman–Crippen MR) is 84.9 cm³/mol. The standard InChI is InChI=1S/C11H10Br2N2O2S2/c12-7-1-2-11(10(13)3-7)15-19(16,17)9-4-8(5-14)18-6-9/h1-4,6,15H,5,14H2. The zero-order chi connectivity index (χ0) is 14.0. The van der Waals surface area contributed by atoms with Gasteiger partial charge in [-0.15, -0.1) is 11.3 Å². The summed E-state index contributed by atoms with van der Waals surface area (Å²) in [5.74, 6) is 0. The molecule has 0 aliphatic heterocycles. The summed E-state index contributed by atoms with van der Waals surface area (Å²) in [5.41, 5.74) is 5.97. The Morgan fingerprint density at radius 3 is 2.58 bits per heavy atom. The first-order valence-corrected chi connectivity index (χ1v) is 9.12. The number of hydrogen-bond donors (Lipinski definition) is 2. The molecule has 0 atom stereocenters. The van der Waals surface area contributed by atoms with E-state index in [0.717, 1.165) is 9.35 Å². The van der Waals surface area contributed by atoms with E-state index in [0.29, 0.717) is 16.7 Å². The number of halogens is 2. The number of anilines is 1. The van der Waals surface area contributed by atoms with Gasteiger partial charge in [0.05, 0.1) is 10.6 Å². The third-order valence-corrected chi connectivity index (χ3v) is 5.92. The summed E-state index contributed by atoms with van der Waals surface area (Å²) in [6.45, 7) is 0.335. The van der Waals surface area contributed by atoms with Crippen LogP contribution in [0.3, 0.4) is 0 Å². The Bertz CT molecular complexity index is 698. The van der Waals surface area contributed by atoms with Crippen LogP contribution in [0, 0.1) is 0 Å². The molecule has 1 aromatic carbocycles. The summed E-state index contributed by atoms with van der Waals surface area (Å²) >= 11 is 7.96. The smallest absolute Gasteiger partial charge is 0.262 e. The number of sulfonamides is 1. The van der Waals surface area contributed by atoms with Crippen LogP contribution in [0.5, 0.6) is 0 Å². The third kappa shape index (κ3) is 3.57. The van der Waals surface area contributed by atoms with Gasteiger partial charge in [-0.05, 0) is 40.2 Å². The molecule has 0 amide bonds. The van der Waals surface area contributed by atoms with Gasteiger partial charge in [-0.1, -0.05) is 15.9 Å². The SMILES string of the molecule is NCc1cc(S(=O)(=O)Nc2ccc(Br)cc2Br)cs1. The third-order valence-electron chi connectivity index (χ3n) is 2.32. The second-order valence-corrected chi connectivity index (χ2v) is 8.13. The second kappa shape index (κ2) is 5.92. The molecule has 0 saturated heterocycles. The summed E-state index contributed by atoms with van der Waals surface area (Å²) in [7, 11) is -3.58. The fourth-order valence-corrected chi connectivity index (χ4v) is 4.90. The van der Waals surface area contributed by atoms with Crippen molar-refractivity contribution in [2.24, 2.45) is 5.73 Å². The van der Waals surface area contributed by atoms with Gasteiger partial charge in [0.25, 0.3) is 10.0 Å². The summed E-state index contributed by atoms with van der Waals surface area (Å²) in [6, 6.07) is 6.81. The van der Waals surface area contributed by atoms with Crippen molar-refractivity contribution in [3.05, 3.63) is 43.5 Å². The Morgan fingerprint density at radius 2 is 2.00 bits per heavy atom. The number of thiophene rings is 1. The minimum absolute atomic E-state index is 0.229. The van der Waals surface area contributed by atoms with Gasteiger partial charge in [0.1, 0.15) is 0 Å². The van der Waals surface area contributed by atoms with E-state index in [2.05, 4.69) is 36.6 Å². The van der Waals surface area contributed by atoms with Crippen LogP contribution in [0.1, 0.15) is 4.88 Å². The minimum atomic E-state index is -3.58. The van der Waals surface area contributed by atoms with E-state index < -0.39 is 10.0 Å². The van der Waals surface area contributed by atoms with Crippen molar-refractivity contribution >= 4 is 58.9 Å². The highest BCUT2D eigenvalue weighted by Gasteiger charge is 2.17. The number of rotatable bonds is 4. The largest absolute Gasteiger partial charge is 0.326 e. The minimum Gasteiger partial charge on any atom is -0.326 e. The van der Waals surface area contributed by atoms with Crippen molar-refractivity contribution in [2.75, 3.05) is 4.72 Å². The molecule has 0 aliphatic rings. The highest BCUT2D eigenvalue weighted by Crippen LogP contribution is 2.29. The summed E-state index contributed by atoms with van der Waals surface area (Å²) < 4.78 is 28.4. The fourth-order valence-electron chi connectivity index (χ4n) is 1.38. The maximum atomic E-state index is 12.2. The Hall–Kier alpha value is -0.410. The van der Waals surface area contributed by atoms with Crippen LogP contribution < -0.4 is 10.5 Å². The number of hydrogen-bond acceptors (Lipinski definition) is 4. The summed E-state index contributed by atoms with van der Waals surface area (Å²) in [4.78, 5) is 1.06. The average Bonchev–Trinajstić information content (AvgIpc) is 2.82. The van der Waals surface area contributed by atoms with E-state index >= 15 is 0 Å². The Labute approximate surface area is 132 Å². The van der Waals surface area contributed by atoms with Gasteiger partial charge < -0.3 is 5.73 Å². The average molecular weight is 426 g/mol. The molecule has 1 heterocycles. The lowest BCUT2D eigenvalue weighted by molar-refractivity contribution is 0.601. The van der Waals surface area contributed by atoms with Crippen molar-refractivity contribution < 1.29 is 8.42 Å². The first kappa shape index (κ1) is 15.0. The summed E-state index contributed by atoms with van der Waals surface area (Å²) in [5, 5.41) is 1.58. The van der Waals surface area contributed by atoms with Crippen molar-refractivity contribution in [1.82, 2.24) is 0 Å². The van der Waals surface area contributed by atoms with E-state index in [9.17, 15) is 8.42 Å². The van der Waals surface area contributed by atoms with Crippen LogP contribution >= 0.6 is 43.2 Å². The molecule has 0 aliphatic carbocycles. The van der Waals surface area contributed by atoms with Crippen molar-refractivity contribution in [3.63, 3.8) is 0 Å². The molecule has 8 heteroatoms. The lowest BCUT2D eigenvalue weighted by atomic mass is 10.3. The van der Waals surface area contributed by atoms with Gasteiger partial charge >= 0.3 is 0 Å². The van der Waals surface area contributed by atoms with Gasteiger partial charge in [0.15, 0.2) is 0 Å².